The zero-order valence-corrected chi connectivity index (χ0v) is 12.3. The minimum Gasteiger partial charge on any atom is -0.396 e. The molecular formula is C18H19N3. The van der Waals surface area contributed by atoms with Crippen LogP contribution < -0.4 is 5.73 Å². The van der Waals surface area contributed by atoms with Crippen molar-refractivity contribution in [3.8, 4) is 16.9 Å². The molecule has 0 aliphatic rings. The number of para-hydroxylation sites is 1. The molecule has 3 aromatic rings. The van der Waals surface area contributed by atoms with E-state index in [2.05, 4.69) is 43.2 Å². The fourth-order valence-corrected chi connectivity index (χ4v) is 2.35. The Kier molecular flexibility index (Phi) is 3.48. The molecule has 0 saturated heterocycles. The second kappa shape index (κ2) is 5.44. The highest BCUT2D eigenvalue weighted by Crippen LogP contribution is 2.27. The van der Waals surface area contributed by atoms with Gasteiger partial charge in [-0.05, 0) is 23.6 Å². The van der Waals surface area contributed by atoms with Gasteiger partial charge in [-0.3, -0.25) is 0 Å². The van der Waals surface area contributed by atoms with Gasteiger partial charge in [0.05, 0.1) is 17.6 Å². The van der Waals surface area contributed by atoms with Crippen LogP contribution >= 0.6 is 0 Å². The molecule has 3 heteroatoms. The van der Waals surface area contributed by atoms with Crippen molar-refractivity contribution >= 4 is 5.69 Å². The Balaban J connectivity index is 1.98. The number of rotatable bonds is 3. The molecule has 0 bridgehead atoms. The number of benzene rings is 2. The summed E-state index contributed by atoms with van der Waals surface area (Å²) in [5.41, 5.74) is 11.0. The van der Waals surface area contributed by atoms with E-state index in [1.807, 2.05) is 41.2 Å². The zero-order valence-electron chi connectivity index (χ0n) is 12.3. The van der Waals surface area contributed by atoms with E-state index >= 15 is 0 Å². The van der Waals surface area contributed by atoms with Gasteiger partial charge in [0.25, 0.3) is 0 Å². The predicted molar refractivity (Wildman–Crippen MR) is 87.5 cm³/mol. The number of nitrogen functional groups attached to an aromatic ring is 1. The maximum absolute atomic E-state index is 6.13. The molecule has 0 spiro atoms. The highest BCUT2D eigenvalue weighted by atomic mass is 15.3. The summed E-state index contributed by atoms with van der Waals surface area (Å²) >= 11 is 0. The lowest BCUT2D eigenvalue weighted by Crippen LogP contribution is -1.94. The normalized spacial score (nSPS) is 11.0. The first-order valence-corrected chi connectivity index (χ1v) is 7.16. The lowest BCUT2D eigenvalue weighted by Gasteiger charge is -2.06. The van der Waals surface area contributed by atoms with Crippen molar-refractivity contribution in [2.45, 2.75) is 19.8 Å². The van der Waals surface area contributed by atoms with E-state index in [0.29, 0.717) is 11.6 Å². The van der Waals surface area contributed by atoms with Crippen molar-refractivity contribution < 1.29 is 0 Å². The minimum absolute atomic E-state index is 0.526. The third kappa shape index (κ3) is 2.68. The monoisotopic (exact) mass is 277 g/mol. The van der Waals surface area contributed by atoms with Crippen LogP contribution in [0.15, 0.2) is 60.8 Å². The van der Waals surface area contributed by atoms with E-state index < -0.39 is 0 Å². The maximum atomic E-state index is 6.13. The Morgan fingerprint density at radius 3 is 2.24 bits per heavy atom. The van der Waals surface area contributed by atoms with Gasteiger partial charge < -0.3 is 5.73 Å². The molecule has 2 aromatic carbocycles. The Hall–Kier alpha value is -2.55. The standard InChI is InChI=1S/C18H19N3/c1-13(2)14-8-10-15(11-9-14)18-17(19)12-21(20-18)16-6-4-3-5-7-16/h3-13H,19H2,1-2H3. The van der Waals surface area contributed by atoms with Crippen LogP contribution in [0.4, 0.5) is 5.69 Å². The summed E-state index contributed by atoms with van der Waals surface area (Å²) in [6.45, 7) is 4.38. The van der Waals surface area contributed by atoms with E-state index in [4.69, 9.17) is 5.73 Å². The van der Waals surface area contributed by atoms with Gasteiger partial charge in [0.1, 0.15) is 5.69 Å². The maximum Gasteiger partial charge on any atom is 0.116 e. The molecular weight excluding hydrogens is 258 g/mol. The molecule has 2 N–H and O–H groups in total. The first-order chi connectivity index (χ1) is 10.1. The van der Waals surface area contributed by atoms with Crippen LogP contribution in [0, 0.1) is 0 Å². The average molecular weight is 277 g/mol. The van der Waals surface area contributed by atoms with E-state index in [0.717, 1.165) is 16.9 Å². The molecule has 0 radical (unpaired) electrons. The summed E-state index contributed by atoms with van der Waals surface area (Å²) in [6.07, 6.45) is 1.86. The minimum atomic E-state index is 0.526. The summed E-state index contributed by atoms with van der Waals surface area (Å²) in [5.74, 6) is 0.526. The number of nitrogens with two attached hydrogens (primary N) is 1. The lowest BCUT2D eigenvalue weighted by atomic mass is 10.0. The molecule has 21 heavy (non-hydrogen) atoms. The van der Waals surface area contributed by atoms with Crippen molar-refractivity contribution in [1.82, 2.24) is 9.78 Å². The third-order valence-electron chi connectivity index (χ3n) is 3.61. The second-order valence-corrected chi connectivity index (χ2v) is 5.49. The molecule has 0 saturated carbocycles. The van der Waals surface area contributed by atoms with Gasteiger partial charge in [-0.25, -0.2) is 4.68 Å². The molecule has 0 aliphatic carbocycles. The van der Waals surface area contributed by atoms with Crippen LogP contribution in [0.3, 0.4) is 0 Å². The number of anilines is 1. The van der Waals surface area contributed by atoms with Gasteiger partial charge in [-0.1, -0.05) is 56.3 Å². The Morgan fingerprint density at radius 1 is 0.952 bits per heavy atom. The van der Waals surface area contributed by atoms with Gasteiger partial charge in [0.2, 0.25) is 0 Å². The van der Waals surface area contributed by atoms with E-state index in [9.17, 15) is 0 Å². The first kappa shape index (κ1) is 13.4. The van der Waals surface area contributed by atoms with Crippen LogP contribution in [-0.4, -0.2) is 9.78 Å². The highest BCUT2D eigenvalue weighted by molar-refractivity contribution is 5.72. The quantitative estimate of drug-likeness (QED) is 0.778. The number of hydrogen-bond acceptors (Lipinski definition) is 2. The summed E-state index contributed by atoms with van der Waals surface area (Å²) < 4.78 is 1.82. The topological polar surface area (TPSA) is 43.8 Å². The fraction of sp³-hybridized carbons (Fsp3) is 0.167. The van der Waals surface area contributed by atoms with Crippen LogP contribution in [0.25, 0.3) is 16.9 Å². The smallest absolute Gasteiger partial charge is 0.116 e. The lowest BCUT2D eigenvalue weighted by molar-refractivity contribution is 0.866. The molecule has 0 amide bonds. The van der Waals surface area contributed by atoms with E-state index in [-0.39, 0.29) is 0 Å². The molecule has 0 aliphatic heterocycles. The Morgan fingerprint density at radius 2 is 1.62 bits per heavy atom. The van der Waals surface area contributed by atoms with E-state index in [1.54, 1.807) is 0 Å². The molecule has 3 nitrogen and oxygen atoms in total. The Labute approximate surface area is 125 Å². The second-order valence-electron chi connectivity index (χ2n) is 5.49. The average Bonchev–Trinajstić information content (AvgIpc) is 2.90. The van der Waals surface area contributed by atoms with Crippen molar-refractivity contribution in [3.63, 3.8) is 0 Å². The molecule has 0 unspecified atom stereocenters. The van der Waals surface area contributed by atoms with E-state index in [1.165, 1.54) is 5.56 Å². The first-order valence-electron chi connectivity index (χ1n) is 7.16. The number of nitrogens with zero attached hydrogens (tertiary/aromatic N) is 2. The molecule has 0 atom stereocenters. The Bertz CT molecular complexity index is 725. The summed E-state index contributed by atoms with van der Waals surface area (Å²) in [6, 6.07) is 18.4. The van der Waals surface area contributed by atoms with Gasteiger partial charge >= 0.3 is 0 Å². The van der Waals surface area contributed by atoms with Gasteiger partial charge in [-0.2, -0.15) is 5.10 Å². The number of hydrogen-bond donors (Lipinski definition) is 1. The van der Waals surface area contributed by atoms with Crippen molar-refractivity contribution in [3.05, 3.63) is 66.4 Å². The molecule has 1 heterocycles. The van der Waals surface area contributed by atoms with Crippen LogP contribution in [0.5, 0.6) is 0 Å². The van der Waals surface area contributed by atoms with Crippen molar-refractivity contribution in [2.75, 3.05) is 5.73 Å². The SMILES string of the molecule is CC(C)c1ccc(-c2nn(-c3ccccc3)cc2N)cc1. The van der Waals surface area contributed by atoms with Crippen LogP contribution in [0.2, 0.25) is 0 Å². The van der Waals surface area contributed by atoms with Crippen LogP contribution in [0.1, 0.15) is 25.3 Å². The van der Waals surface area contributed by atoms with Crippen molar-refractivity contribution in [2.24, 2.45) is 0 Å². The highest BCUT2D eigenvalue weighted by Gasteiger charge is 2.10. The van der Waals surface area contributed by atoms with Gasteiger partial charge in [0, 0.05) is 5.56 Å². The molecule has 3 rings (SSSR count). The largest absolute Gasteiger partial charge is 0.396 e. The van der Waals surface area contributed by atoms with Gasteiger partial charge in [0.15, 0.2) is 0 Å². The van der Waals surface area contributed by atoms with Gasteiger partial charge in [-0.15, -0.1) is 0 Å². The molecule has 1 aromatic heterocycles. The van der Waals surface area contributed by atoms with Crippen molar-refractivity contribution in [1.29, 1.82) is 0 Å². The zero-order chi connectivity index (χ0) is 14.8. The molecule has 0 fully saturated rings. The molecule has 106 valence electrons. The fourth-order valence-electron chi connectivity index (χ4n) is 2.35. The summed E-state index contributed by atoms with van der Waals surface area (Å²) in [4.78, 5) is 0. The third-order valence-corrected chi connectivity index (χ3v) is 3.61. The number of aromatic nitrogens is 2. The summed E-state index contributed by atoms with van der Waals surface area (Å²) in [5, 5.41) is 4.62. The predicted octanol–water partition coefficient (Wildman–Crippen LogP) is 4.24. The van der Waals surface area contributed by atoms with Crippen LogP contribution in [-0.2, 0) is 0 Å². The summed E-state index contributed by atoms with van der Waals surface area (Å²) in [7, 11) is 0.